The van der Waals surface area contributed by atoms with E-state index in [1.165, 1.54) is 24.3 Å². The Morgan fingerprint density at radius 3 is 2.24 bits per heavy atom. The van der Waals surface area contributed by atoms with Gasteiger partial charge >= 0.3 is 5.97 Å². The Hall–Kier alpha value is -2.00. The van der Waals surface area contributed by atoms with Gasteiger partial charge in [0.1, 0.15) is 0 Å². The average Bonchev–Trinajstić information content (AvgIpc) is 2.88. The van der Waals surface area contributed by atoms with Crippen LogP contribution in [-0.2, 0) is 14.8 Å². The van der Waals surface area contributed by atoms with Gasteiger partial charge in [0.05, 0.1) is 11.4 Å². The van der Waals surface area contributed by atoms with E-state index in [4.69, 9.17) is 5.11 Å². The van der Waals surface area contributed by atoms with Crippen molar-refractivity contribution in [1.29, 1.82) is 0 Å². The molecular formula is C16H21FN2O5S. The van der Waals surface area contributed by atoms with Gasteiger partial charge in [0.25, 0.3) is 5.91 Å². The predicted molar refractivity (Wildman–Crippen MR) is 88.5 cm³/mol. The summed E-state index contributed by atoms with van der Waals surface area (Å²) in [6.07, 6.45) is -0.268. The zero-order valence-electron chi connectivity index (χ0n) is 14.2. The third kappa shape index (κ3) is 4.35. The molecule has 1 amide bonds. The molecule has 1 fully saturated rings. The van der Waals surface area contributed by atoms with Crippen LogP contribution in [0, 0.1) is 0 Å². The third-order valence-electron chi connectivity index (χ3n) is 3.74. The van der Waals surface area contributed by atoms with E-state index >= 15 is 0 Å². The smallest absolute Gasteiger partial charge is 0.343 e. The van der Waals surface area contributed by atoms with Crippen molar-refractivity contribution >= 4 is 21.9 Å². The molecule has 0 bridgehead atoms. The van der Waals surface area contributed by atoms with Gasteiger partial charge in [-0.15, -0.1) is 0 Å². The number of nitrogens with one attached hydrogen (secondary N) is 1. The number of carbonyl (C=O) groups is 2. The highest BCUT2D eigenvalue weighted by Gasteiger charge is 2.47. The lowest BCUT2D eigenvalue weighted by molar-refractivity contribution is -0.149. The molecule has 0 spiro atoms. The molecule has 0 aliphatic carbocycles. The Bertz CT molecular complexity index is 786. The molecule has 2 rings (SSSR count). The minimum atomic E-state index is -3.72. The number of likely N-dealkylation sites (tertiary alicyclic amines) is 1. The fourth-order valence-electron chi connectivity index (χ4n) is 2.54. The van der Waals surface area contributed by atoms with Crippen LogP contribution in [0.2, 0.25) is 0 Å². The molecule has 1 unspecified atom stereocenters. The summed E-state index contributed by atoms with van der Waals surface area (Å²) in [5.74, 6) is -2.12. The molecule has 0 radical (unpaired) electrons. The van der Waals surface area contributed by atoms with Gasteiger partial charge in [-0.2, -0.15) is 0 Å². The van der Waals surface area contributed by atoms with Crippen molar-refractivity contribution in [3.05, 3.63) is 29.8 Å². The lowest BCUT2D eigenvalue weighted by Gasteiger charge is -2.20. The number of rotatable bonds is 4. The number of carboxylic acids is 1. The van der Waals surface area contributed by atoms with E-state index in [0.29, 0.717) is 0 Å². The Morgan fingerprint density at radius 2 is 1.80 bits per heavy atom. The summed E-state index contributed by atoms with van der Waals surface area (Å²) in [7, 11) is -3.72. The van der Waals surface area contributed by atoms with Crippen LogP contribution in [0.5, 0.6) is 0 Å². The topological polar surface area (TPSA) is 104 Å². The van der Waals surface area contributed by atoms with E-state index in [9.17, 15) is 22.4 Å². The molecule has 1 aromatic carbocycles. The molecule has 0 saturated carbocycles. The highest BCUT2D eigenvalue weighted by molar-refractivity contribution is 7.89. The largest absolute Gasteiger partial charge is 0.479 e. The van der Waals surface area contributed by atoms with Gasteiger partial charge in [0.2, 0.25) is 15.7 Å². The number of sulfonamides is 1. The van der Waals surface area contributed by atoms with Gasteiger partial charge in [0, 0.05) is 24.1 Å². The molecule has 138 valence electrons. The Balaban J connectivity index is 2.15. The second-order valence-corrected chi connectivity index (χ2v) is 8.81. The first kappa shape index (κ1) is 19.3. The van der Waals surface area contributed by atoms with E-state index < -0.39 is 39.7 Å². The van der Waals surface area contributed by atoms with Gasteiger partial charge in [0.15, 0.2) is 0 Å². The van der Waals surface area contributed by atoms with E-state index in [1.807, 2.05) is 0 Å². The van der Waals surface area contributed by atoms with Crippen molar-refractivity contribution in [2.24, 2.45) is 0 Å². The summed E-state index contributed by atoms with van der Waals surface area (Å²) in [6, 6.07) is 5.24. The van der Waals surface area contributed by atoms with Crippen LogP contribution in [0.25, 0.3) is 0 Å². The number of nitrogens with zero attached hydrogens (tertiary/aromatic N) is 1. The summed E-state index contributed by atoms with van der Waals surface area (Å²) in [5.41, 5.74) is -2.91. The minimum absolute atomic E-state index is 0.00534. The Morgan fingerprint density at radius 1 is 1.24 bits per heavy atom. The maximum atomic E-state index is 14.1. The molecule has 25 heavy (non-hydrogen) atoms. The van der Waals surface area contributed by atoms with Gasteiger partial charge in [-0.25, -0.2) is 22.3 Å². The van der Waals surface area contributed by atoms with Crippen molar-refractivity contribution in [3.63, 3.8) is 0 Å². The molecule has 1 saturated heterocycles. The number of alkyl halides is 1. The summed E-state index contributed by atoms with van der Waals surface area (Å²) >= 11 is 0. The summed E-state index contributed by atoms with van der Waals surface area (Å²) < 4.78 is 41.0. The molecule has 1 atom stereocenters. The Kier molecular flexibility index (Phi) is 4.93. The number of aliphatic carboxylic acids is 1. The molecule has 9 heteroatoms. The molecule has 7 nitrogen and oxygen atoms in total. The van der Waals surface area contributed by atoms with Crippen LogP contribution < -0.4 is 4.72 Å². The zero-order chi connectivity index (χ0) is 19.0. The minimum Gasteiger partial charge on any atom is -0.479 e. The van der Waals surface area contributed by atoms with Crippen LogP contribution in [0.4, 0.5) is 4.39 Å². The molecule has 0 aromatic heterocycles. The van der Waals surface area contributed by atoms with Gasteiger partial charge in [-0.3, -0.25) is 4.79 Å². The maximum Gasteiger partial charge on any atom is 0.343 e. The molecule has 2 N–H and O–H groups in total. The number of carboxylic acid groups (broad SMARTS) is 1. The number of hydrogen-bond donors (Lipinski definition) is 2. The van der Waals surface area contributed by atoms with Crippen molar-refractivity contribution in [2.75, 3.05) is 13.1 Å². The highest BCUT2D eigenvalue weighted by Crippen LogP contribution is 2.27. The first-order valence-corrected chi connectivity index (χ1v) is 9.18. The monoisotopic (exact) mass is 372 g/mol. The van der Waals surface area contributed by atoms with E-state index in [2.05, 4.69) is 4.72 Å². The van der Waals surface area contributed by atoms with Gasteiger partial charge < -0.3 is 10.0 Å². The molecular weight excluding hydrogens is 351 g/mol. The average molecular weight is 372 g/mol. The lowest BCUT2D eigenvalue weighted by Crippen LogP contribution is -2.40. The SMILES string of the molecule is CC(C)(C)NS(=O)(=O)c1ccc(C(=O)N2CCC(F)(C(=O)O)C2)cc1. The number of carbonyl (C=O) groups excluding carboxylic acids is 1. The zero-order valence-corrected chi connectivity index (χ0v) is 15.1. The number of halogens is 1. The quantitative estimate of drug-likeness (QED) is 0.831. The second-order valence-electron chi connectivity index (χ2n) is 7.13. The fourth-order valence-corrected chi connectivity index (χ4v) is 3.96. The highest BCUT2D eigenvalue weighted by atomic mass is 32.2. The summed E-state index contributed by atoms with van der Waals surface area (Å²) in [5, 5.41) is 8.87. The van der Waals surface area contributed by atoms with Gasteiger partial charge in [-0.1, -0.05) is 0 Å². The first-order valence-electron chi connectivity index (χ1n) is 7.70. The van der Waals surface area contributed by atoms with Crippen molar-refractivity contribution in [1.82, 2.24) is 9.62 Å². The van der Waals surface area contributed by atoms with Crippen molar-refractivity contribution in [2.45, 2.75) is 43.3 Å². The van der Waals surface area contributed by atoms with Crippen LogP contribution in [0.3, 0.4) is 0 Å². The van der Waals surface area contributed by atoms with Gasteiger partial charge in [-0.05, 0) is 45.0 Å². The van der Waals surface area contributed by atoms with Crippen LogP contribution in [0.1, 0.15) is 37.6 Å². The number of hydrogen-bond acceptors (Lipinski definition) is 4. The molecule has 1 aliphatic heterocycles. The maximum absolute atomic E-state index is 14.1. The molecule has 1 aliphatic rings. The standard InChI is InChI=1S/C16H21FN2O5S/c1-15(2,3)18-25(23,24)12-6-4-11(5-7-12)13(20)19-9-8-16(17,10-19)14(21)22/h4-7,18H,8-10H2,1-3H3,(H,21,22). The van der Waals surface area contributed by atoms with Crippen LogP contribution >= 0.6 is 0 Å². The summed E-state index contributed by atoms with van der Waals surface area (Å²) in [4.78, 5) is 24.4. The Labute approximate surface area is 145 Å². The third-order valence-corrected chi connectivity index (χ3v) is 5.52. The number of benzene rings is 1. The normalized spacial score (nSPS) is 21.4. The first-order chi connectivity index (χ1) is 11.3. The molecule has 1 aromatic rings. The lowest BCUT2D eigenvalue weighted by atomic mass is 10.1. The van der Waals surface area contributed by atoms with Crippen LogP contribution in [0.15, 0.2) is 29.2 Å². The van der Waals surface area contributed by atoms with Crippen molar-refractivity contribution in [3.8, 4) is 0 Å². The number of amides is 1. The van der Waals surface area contributed by atoms with E-state index in [0.717, 1.165) is 4.90 Å². The van der Waals surface area contributed by atoms with E-state index in [1.54, 1.807) is 20.8 Å². The molecule has 1 heterocycles. The van der Waals surface area contributed by atoms with Crippen LogP contribution in [-0.4, -0.2) is 54.6 Å². The second kappa shape index (κ2) is 6.38. The van der Waals surface area contributed by atoms with Crippen molar-refractivity contribution < 1.29 is 27.5 Å². The fraction of sp³-hybridized carbons (Fsp3) is 0.500. The summed E-state index contributed by atoms with van der Waals surface area (Å²) in [6.45, 7) is 4.60. The predicted octanol–water partition coefficient (Wildman–Crippen LogP) is 1.40. The van der Waals surface area contributed by atoms with E-state index in [-0.39, 0.29) is 23.4 Å².